The van der Waals surface area contributed by atoms with Gasteiger partial charge in [-0.15, -0.1) is 0 Å². The minimum absolute atomic E-state index is 0.177. The molecule has 6 nitrogen and oxygen atoms in total. The van der Waals surface area contributed by atoms with Gasteiger partial charge in [-0.2, -0.15) is 0 Å². The molecule has 182 valence electrons. The van der Waals surface area contributed by atoms with E-state index in [-0.39, 0.29) is 5.91 Å². The molecule has 0 unspecified atom stereocenters. The average Bonchev–Trinajstić information content (AvgIpc) is 3.28. The maximum Gasteiger partial charge on any atom is 0.289 e. The zero-order valence-corrected chi connectivity index (χ0v) is 20.7. The van der Waals surface area contributed by atoms with Crippen LogP contribution in [0, 0.1) is 5.92 Å². The van der Waals surface area contributed by atoms with Crippen LogP contribution in [-0.2, 0) is 12.1 Å². The summed E-state index contributed by atoms with van der Waals surface area (Å²) in [5.74, 6) is 0.746. The van der Waals surface area contributed by atoms with E-state index in [1.165, 1.54) is 0 Å². The number of pyridine rings is 1. The molecule has 0 atom stereocenters. The Morgan fingerprint density at radius 3 is 2.71 bits per heavy atom. The highest BCUT2D eigenvalue weighted by Gasteiger charge is 2.34. The highest BCUT2D eigenvalue weighted by Crippen LogP contribution is 2.35. The lowest BCUT2D eigenvalue weighted by atomic mass is 9.84. The summed E-state index contributed by atoms with van der Waals surface area (Å²) in [5.41, 5.74) is 2.65. The van der Waals surface area contributed by atoms with Crippen LogP contribution < -0.4 is 0 Å². The fourth-order valence-corrected chi connectivity index (χ4v) is 5.17. The van der Waals surface area contributed by atoms with Gasteiger partial charge in [0.2, 0.25) is 0 Å². The van der Waals surface area contributed by atoms with Crippen molar-refractivity contribution in [2.45, 2.75) is 38.8 Å². The fraction of sp³-hybridized carbons (Fsp3) is 0.379. The molecule has 1 fully saturated rings. The first-order chi connectivity index (χ1) is 16.8. The van der Waals surface area contributed by atoms with E-state index in [2.05, 4.69) is 23.7 Å². The normalized spacial score (nSPS) is 16.3. The zero-order chi connectivity index (χ0) is 24.6. The van der Waals surface area contributed by atoms with Crippen LogP contribution >= 0.6 is 0 Å². The molecule has 2 aromatic heterocycles. The van der Waals surface area contributed by atoms with Gasteiger partial charge in [0.05, 0.1) is 11.1 Å². The van der Waals surface area contributed by atoms with Crippen LogP contribution in [0.15, 0.2) is 65.2 Å². The van der Waals surface area contributed by atoms with Crippen molar-refractivity contribution in [3.8, 4) is 0 Å². The van der Waals surface area contributed by atoms with Crippen molar-refractivity contribution in [2.75, 3.05) is 26.7 Å². The molecule has 0 bridgehead atoms. The van der Waals surface area contributed by atoms with Crippen molar-refractivity contribution >= 4 is 27.8 Å². The van der Waals surface area contributed by atoms with Crippen LogP contribution in [0.25, 0.3) is 21.9 Å². The molecule has 1 aliphatic heterocycles. The van der Waals surface area contributed by atoms with Gasteiger partial charge in [0.1, 0.15) is 5.58 Å². The quantitative estimate of drug-likeness (QED) is 0.419. The average molecular weight is 472 g/mol. The van der Waals surface area contributed by atoms with Crippen LogP contribution in [-0.4, -0.2) is 52.5 Å². The number of hydrogen-bond acceptors (Lipinski definition) is 5. The number of likely N-dealkylation sites (tertiary alicyclic amines) is 1. The maximum atomic E-state index is 13.2. The van der Waals surface area contributed by atoms with Gasteiger partial charge >= 0.3 is 0 Å². The molecular weight excluding hydrogens is 438 g/mol. The lowest BCUT2D eigenvalue weighted by Crippen LogP contribution is -2.43. The van der Waals surface area contributed by atoms with Crippen molar-refractivity contribution in [1.82, 2.24) is 14.8 Å². The van der Waals surface area contributed by atoms with Crippen LogP contribution in [0.4, 0.5) is 0 Å². The van der Waals surface area contributed by atoms with Gasteiger partial charge in [-0.05, 0) is 60.2 Å². The SMILES string of the molecule is CC(C)CN1CCC(O)(c2ccc3oc(C(=O)N(C)Cc4cccc5ncccc45)cc3c2)CC1. The summed E-state index contributed by atoms with van der Waals surface area (Å²) in [7, 11) is 1.78. The van der Waals surface area contributed by atoms with E-state index in [0.29, 0.717) is 36.6 Å². The minimum atomic E-state index is -0.845. The topological polar surface area (TPSA) is 69.8 Å². The van der Waals surface area contributed by atoms with Crippen molar-refractivity contribution < 1.29 is 14.3 Å². The van der Waals surface area contributed by atoms with E-state index >= 15 is 0 Å². The Kier molecular flexibility index (Phi) is 6.34. The van der Waals surface area contributed by atoms with Crippen LogP contribution in [0.5, 0.6) is 0 Å². The van der Waals surface area contributed by atoms with E-state index < -0.39 is 5.60 Å². The van der Waals surface area contributed by atoms with Gasteiger partial charge in [0, 0.05) is 50.2 Å². The molecule has 3 heterocycles. The van der Waals surface area contributed by atoms with E-state index in [0.717, 1.165) is 47.1 Å². The fourth-order valence-electron chi connectivity index (χ4n) is 5.17. The van der Waals surface area contributed by atoms with E-state index in [9.17, 15) is 9.90 Å². The van der Waals surface area contributed by atoms with Gasteiger partial charge in [-0.1, -0.05) is 38.1 Å². The smallest absolute Gasteiger partial charge is 0.289 e. The largest absolute Gasteiger partial charge is 0.451 e. The van der Waals surface area contributed by atoms with Gasteiger partial charge in [-0.25, -0.2) is 0 Å². The van der Waals surface area contributed by atoms with E-state index in [1.54, 1.807) is 24.2 Å². The predicted molar refractivity (Wildman–Crippen MR) is 138 cm³/mol. The highest BCUT2D eigenvalue weighted by atomic mass is 16.3. The summed E-state index contributed by atoms with van der Waals surface area (Å²) in [6, 6.07) is 17.5. The van der Waals surface area contributed by atoms with Crippen molar-refractivity contribution in [3.63, 3.8) is 0 Å². The van der Waals surface area contributed by atoms with E-state index in [1.807, 2.05) is 48.5 Å². The van der Waals surface area contributed by atoms with Crippen LogP contribution in [0.2, 0.25) is 0 Å². The number of furan rings is 1. The third-order valence-corrected chi connectivity index (χ3v) is 7.06. The van der Waals surface area contributed by atoms with Crippen molar-refractivity contribution in [1.29, 1.82) is 0 Å². The van der Waals surface area contributed by atoms with Crippen LogP contribution in [0.1, 0.15) is 48.4 Å². The lowest BCUT2D eigenvalue weighted by Gasteiger charge is -2.39. The number of piperidine rings is 1. The molecule has 0 radical (unpaired) electrons. The summed E-state index contributed by atoms with van der Waals surface area (Å²) in [4.78, 5) is 21.7. The second-order valence-corrected chi connectivity index (χ2v) is 10.2. The summed E-state index contributed by atoms with van der Waals surface area (Å²) in [6.07, 6.45) is 3.18. The number of hydrogen-bond donors (Lipinski definition) is 1. The predicted octanol–water partition coefficient (Wildman–Crippen LogP) is 5.19. The molecule has 0 saturated carbocycles. The Bertz CT molecular complexity index is 1350. The first-order valence-electron chi connectivity index (χ1n) is 12.4. The van der Waals surface area contributed by atoms with Gasteiger partial charge < -0.3 is 19.3 Å². The summed E-state index contributed by atoms with van der Waals surface area (Å²) in [6.45, 7) is 7.74. The second-order valence-electron chi connectivity index (χ2n) is 10.2. The summed E-state index contributed by atoms with van der Waals surface area (Å²) in [5, 5.41) is 13.2. The van der Waals surface area contributed by atoms with E-state index in [4.69, 9.17) is 4.42 Å². The molecule has 5 rings (SSSR count). The Morgan fingerprint density at radius 1 is 1.14 bits per heavy atom. The molecule has 1 amide bonds. The Labute approximate surface area is 206 Å². The molecular formula is C29H33N3O3. The number of rotatable bonds is 6. The third-order valence-electron chi connectivity index (χ3n) is 7.06. The number of amides is 1. The lowest BCUT2D eigenvalue weighted by molar-refractivity contribution is -0.0278. The Hall–Kier alpha value is -3.22. The van der Waals surface area contributed by atoms with Gasteiger partial charge in [0.15, 0.2) is 5.76 Å². The number of carbonyl (C=O) groups is 1. The summed E-state index contributed by atoms with van der Waals surface area (Å²) >= 11 is 0. The molecule has 1 saturated heterocycles. The molecule has 6 heteroatoms. The molecule has 0 aliphatic carbocycles. The molecule has 35 heavy (non-hydrogen) atoms. The molecule has 1 aliphatic rings. The van der Waals surface area contributed by atoms with Gasteiger partial charge in [-0.3, -0.25) is 9.78 Å². The first-order valence-corrected chi connectivity index (χ1v) is 12.4. The number of aromatic nitrogens is 1. The molecule has 1 N–H and O–H groups in total. The number of aliphatic hydroxyl groups is 1. The number of benzene rings is 2. The molecule has 4 aromatic rings. The van der Waals surface area contributed by atoms with Crippen molar-refractivity contribution in [3.05, 3.63) is 77.7 Å². The second kappa shape index (κ2) is 9.44. The standard InChI is InChI=1S/C29H33N3O3/c1-20(2)18-32-14-11-29(34,12-15-32)23-9-10-26-22(16-23)17-27(35-26)28(33)31(3)19-21-6-4-8-25-24(21)7-5-13-30-25/h4-10,13,16-17,20,34H,11-12,14-15,18-19H2,1-3H3. The first kappa shape index (κ1) is 23.5. The minimum Gasteiger partial charge on any atom is -0.451 e. The molecule has 0 spiro atoms. The van der Waals surface area contributed by atoms with Crippen LogP contribution in [0.3, 0.4) is 0 Å². The number of nitrogens with zero attached hydrogens (tertiary/aromatic N) is 3. The monoisotopic (exact) mass is 471 g/mol. The molecule has 2 aromatic carbocycles. The summed E-state index contributed by atoms with van der Waals surface area (Å²) < 4.78 is 5.92. The Morgan fingerprint density at radius 2 is 1.94 bits per heavy atom. The van der Waals surface area contributed by atoms with Gasteiger partial charge in [0.25, 0.3) is 5.91 Å². The Balaban J connectivity index is 1.33. The highest BCUT2D eigenvalue weighted by molar-refractivity contribution is 5.96. The third kappa shape index (κ3) is 4.81. The zero-order valence-electron chi connectivity index (χ0n) is 20.7. The number of fused-ring (bicyclic) bond motifs is 2. The maximum absolute atomic E-state index is 13.2. The van der Waals surface area contributed by atoms with Crippen molar-refractivity contribution in [2.24, 2.45) is 5.92 Å². The number of carbonyl (C=O) groups excluding carboxylic acids is 1.